The van der Waals surface area contributed by atoms with Crippen LogP contribution >= 0.6 is 0 Å². The van der Waals surface area contributed by atoms with Crippen LogP contribution in [0, 0.1) is 0 Å². The van der Waals surface area contributed by atoms with E-state index >= 15 is 0 Å². The van der Waals surface area contributed by atoms with Crippen LogP contribution in [-0.4, -0.2) is 42.0 Å². The van der Waals surface area contributed by atoms with Crippen LogP contribution in [-0.2, 0) is 13.0 Å². The third-order valence-electron chi connectivity index (χ3n) is 8.28. The molecule has 0 atom stereocenters. The molecule has 2 aromatic heterocycles. The monoisotopic (exact) mass is 591 g/mol. The fourth-order valence-corrected chi connectivity index (χ4v) is 5.70. The van der Waals surface area contributed by atoms with Crippen LogP contribution in [0.15, 0.2) is 77.8 Å². The number of hydrogen-bond donors (Lipinski definition) is 4. The summed E-state index contributed by atoms with van der Waals surface area (Å²) in [7, 11) is 0. The molecule has 1 saturated heterocycles. The topological polar surface area (TPSA) is 119 Å². The second-order valence-corrected chi connectivity index (χ2v) is 11.5. The third kappa shape index (κ3) is 7.11. The van der Waals surface area contributed by atoms with Gasteiger partial charge in [-0.15, -0.1) is 0 Å². The van der Waals surface area contributed by atoms with Crippen molar-refractivity contribution in [1.82, 2.24) is 15.3 Å². The average molecular weight is 592 g/mol. The van der Waals surface area contributed by atoms with Gasteiger partial charge in [-0.1, -0.05) is 24.8 Å². The summed E-state index contributed by atoms with van der Waals surface area (Å²) in [4.78, 5) is 13.5. The Labute approximate surface area is 259 Å². The number of hydrogen-bond acceptors (Lipinski definition) is 9. The molecule has 0 bridgehead atoms. The van der Waals surface area contributed by atoms with Gasteiger partial charge >= 0.3 is 0 Å². The molecule has 1 saturated carbocycles. The summed E-state index contributed by atoms with van der Waals surface area (Å²) in [5.41, 5.74) is 13.5. The lowest BCUT2D eigenvalue weighted by Gasteiger charge is -2.25. The lowest BCUT2D eigenvalue weighted by atomic mass is 9.88. The number of fused-ring (bicyclic) bond motifs is 1. The van der Waals surface area contributed by atoms with Crippen LogP contribution in [0.4, 0.5) is 11.6 Å². The van der Waals surface area contributed by atoms with Crippen molar-refractivity contribution in [3.05, 3.63) is 95.1 Å². The highest BCUT2D eigenvalue weighted by Gasteiger charge is 2.23. The van der Waals surface area contributed by atoms with E-state index in [1.165, 1.54) is 17.6 Å². The minimum absolute atomic E-state index is 0.256. The molecule has 0 amide bonds. The van der Waals surface area contributed by atoms with Crippen LogP contribution in [0.25, 0.3) is 11.3 Å². The van der Waals surface area contributed by atoms with Crippen molar-refractivity contribution >= 4 is 29.1 Å². The lowest BCUT2D eigenvalue weighted by Crippen LogP contribution is -2.34. The zero-order chi connectivity index (χ0) is 30.3. The SMILES string of the molecule is C=C(N)/N=C\C=C(/C)c1cnc(NCc2cccc(C(Nc3ccc(OC4CCNCC4)cn3)=C3CCC3)c2)c2c1OCC2. The molecule has 44 heavy (non-hydrogen) atoms. The number of anilines is 2. The van der Waals surface area contributed by atoms with Gasteiger partial charge in [0.05, 0.1) is 12.8 Å². The Morgan fingerprint density at radius 1 is 1.16 bits per heavy atom. The Hall–Kier alpha value is -4.63. The predicted molar refractivity (Wildman–Crippen MR) is 178 cm³/mol. The van der Waals surface area contributed by atoms with Crippen molar-refractivity contribution in [3.8, 4) is 11.5 Å². The van der Waals surface area contributed by atoms with Crippen molar-refractivity contribution in [3.63, 3.8) is 0 Å². The van der Waals surface area contributed by atoms with Crippen LogP contribution in [0.3, 0.4) is 0 Å². The maximum absolute atomic E-state index is 6.15. The number of piperidine rings is 1. The number of nitrogens with zero attached hydrogens (tertiary/aromatic N) is 3. The normalized spacial score (nSPS) is 16.7. The molecule has 6 rings (SSSR count). The van der Waals surface area contributed by atoms with Gasteiger partial charge in [-0.3, -0.25) is 0 Å². The van der Waals surface area contributed by atoms with E-state index in [9.17, 15) is 0 Å². The van der Waals surface area contributed by atoms with E-state index in [1.54, 1.807) is 6.21 Å². The lowest BCUT2D eigenvalue weighted by molar-refractivity contribution is 0.162. The third-order valence-corrected chi connectivity index (χ3v) is 8.28. The Balaban J connectivity index is 1.14. The number of nitrogens with two attached hydrogens (primary N) is 1. The Kier molecular flexibility index (Phi) is 9.22. The number of aromatic nitrogens is 2. The van der Waals surface area contributed by atoms with Crippen molar-refractivity contribution in [2.24, 2.45) is 10.7 Å². The van der Waals surface area contributed by atoms with Gasteiger partial charge in [0.2, 0.25) is 0 Å². The molecule has 9 nitrogen and oxygen atoms in total. The smallest absolute Gasteiger partial charge is 0.138 e. The van der Waals surface area contributed by atoms with E-state index in [4.69, 9.17) is 20.2 Å². The molecule has 3 aromatic rings. The van der Waals surface area contributed by atoms with Crippen LogP contribution in [0.5, 0.6) is 11.5 Å². The molecule has 0 unspecified atom stereocenters. The summed E-state index contributed by atoms with van der Waals surface area (Å²) in [6, 6.07) is 12.7. The largest absolute Gasteiger partial charge is 0.492 e. The minimum atomic E-state index is 0.256. The molecule has 5 N–H and O–H groups in total. The molecule has 0 spiro atoms. The number of allylic oxidation sites excluding steroid dienone is 3. The first-order valence-electron chi connectivity index (χ1n) is 15.5. The number of ether oxygens (including phenoxy) is 2. The van der Waals surface area contributed by atoms with E-state index in [0.717, 1.165) is 96.3 Å². The van der Waals surface area contributed by atoms with Gasteiger partial charge in [0.25, 0.3) is 0 Å². The van der Waals surface area contributed by atoms with E-state index in [1.807, 2.05) is 37.5 Å². The average Bonchev–Trinajstić information content (AvgIpc) is 3.50. The molecule has 9 heteroatoms. The quantitative estimate of drug-likeness (QED) is 0.199. The van der Waals surface area contributed by atoms with E-state index in [0.29, 0.717) is 13.2 Å². The highest BCUT2D eigenvalue weighted by molar-refractivity contribution is 5.86. The first-order chi connectivity index (χ1) is 21.5. The second-order valence-electron chi connectivity index (χ2n) is 11.5. The molecular weight excluding hydrogens is 550 g/mol. The molecule has 228 valence electrons. The summed E-state index contributed by atoms with van der Waals surface area (Å²) in [5, 5.41) is 10.6. The molecule has 1 aromatic carbocycles. The molecule has 3 aliphatic rings. The maximum atomic E-state index is 6.15. The first-order valence-corrected chi connectivity index (χ1v) is 15.5. The van der Waals surface area contributed by atoms with Crippen molar-refractivity contribution < 1.29 is 9.47 Å². The van der Waals surface area contributed by atoms with Gasteiger partial charge in [0.1, 0.15) is 35.1 Å². The zero-order valence-corrected chi connectivity index (χ0v) is 25.4. The van der Waals surface area contributed by atoms with Gasteiger partial charge in [0.15, 0.2) is 0 Å². The number of benzene rings is 1. The minimum Gasteiger partial charge on any atom is -0.492 e. The first kappa shape index (κ1) is 29.4. The highest BCUT2D eigenvalue weighted by Crippen LogP contribution is 2.38. The van der Waals surface area contributed by atoms with Gasteiger partial charge in [-0.05, 0) is 98.7 Å². The Morgan fingerprint density at radius 3 is 2.77 bits per heavy atom. The maximum Gasteiger partial charge on any atom is 0.138 e. The van der Waals surface area contributed by atoms with Crippen molar-refractivity contribution in [2.45, 2.75) is 58.1 Å². The zero-order valence-electron chi connectivity index (χ0n) is 25.4. The molecule has 2 fully saturated rings. The summed E-state index contributed by atoms with van der Waals surface area (Å²) in [6.45, 7) is 8.91. The molecule has 2 aliphatic heterocycles. The van der Waals surface area contributed by atoms with E-state index < -0.39 is 0 Å². The summed E-state index contributed by atoms with van der Waals surface area (Å²) in [6.07, 6.45) is 13.8. The van der Waals surface area contributed by atoms with Gasteiger partial charge in [0, 0.05) is 42.2 Å². The van der Waals surface area contributed by atoms with Gasteiger partial charge < -0.3 is 31.2 Å². The van der Waals surface area contributed by atoms with E-state index in [-0.39, 0.29) is 11.9 Å². The summed E-state index contributed by atoms with van der Waals surface area (Å²) in [5.74, 6) is 3.66. The Morgan fingerprint density at radius 2 is 2.02 bits per heavy atom. The van der Waals surface area contributed by atoms with E-state index in [2.05, 4.69) is 56.8 Å². The number of nitrogens with one attached hydrogen (secondary N) is 3. The molecular formula is C35H41N7O2. The number of aliphatic imine (C=N–C) groups is 1. The Bertz CT molecular complexity index is 1580. The number of rotatable bonds is 11. The fraction of sp³-hybridized carbons (Fsp3) is 0.343. The predicted octanol–water partition coefficient (Wildman–Crippen LogP) is 6.07. The fourth-order valence-electron chi connectivity index (χ4n) is 5.70. The van der Waals surface area contributed by atoms with Crippen LogP contribution in [0.1, 0.15) is 61.3 Å². The summed E-state index contributed by atoms with van der Waals surface area (Å²) >= 11 is 0. The van der Waals surface area contributed by atoms with Gasteiger partial charge in [-0.2, -0.15) is 0 Å². The standard InChI is InChI=1S/C35H41N7O2/c1-23(11-17-38-24(2)36)31-22-41-35(30-14-18-43-34(30)31)40-20-25-5-3-8-27(19-25)33(26-6-4-7-26)42-32-10-9-29(21-39-32)44-28-12-15-37-16-13-28/h3,5,8-11,17,19,21-22,28,37H,2,4,6-7,12-16,18,20,36H2,1H3,(H,39,42)(H,40,41)/b23-11+,38-17-. The molecule has 1 aliphatic carbocycles. The summed E-state index contributed by atoms with van der Waals surface area (Å²) < 4.78 is 12.2. The van der Waals surface area contributed by atoms with Crippen molar-refractivity contribution in [1.29, 1.82) is 0 Å². The van der Waals surface area contributed by atoms with Gasteiger partial charge in [-0.25, -0.2) is 15.0 Å². The second kappa shape index (κ2) is 13.8. The van der Waals surface area contributed by atoms with Crippen LogP contribution < -0.4 is 31.2 Å². The highest BCUT2D eigenvalue weighted by atomic mass is 16.5. The molecule has 0 radical (unpaired) electrons. The molecule has 4 heterocycles. The van der Waals surface area contributed by atoms with Crippen LogP contribution in [0.2, 0.25) is 0 Å². The number of pyridine rings is 2. The van der Waals surface area contributed by atoms with Crippen molar-refractivity contribution in [2.75, 3.05) is 30.3 Å².